The second kappa shape index (κ2) is 3.98. The van der Waals surface area contributed by atoms with Crippen molar-refractivity contribution in [2.24, 2.45) is 0 Å². The summed E-state index contributed by atoms with van der Waals surface area (Å²) in [5.41, 5.74) is 0.916. The molecule has 1 aliphatic rings. The van der Waals surface area contributed by atoms with Crippen molar-refractivity contribution < 1.29 is 9.84 Å². The topological polar surface area (TPSA) is 41.5 Å². The Morgan fingerprint density at radius 3 is 2.86 bits per heavy atom. The van der Waals surface area contributed by atoms with Crippen LogP contribution in [0.4, 0.5) is 0 Å². The number of rotatable bonds is 1. The summed E-state index contributed by atoms with van der Waals surface area (Å²) in [5, 5.41) is 13.0. The van der Waals surface area contributed by atoms with Crippen LogP contribution in [0.1, 0.15) is 18.5 Å². The Balaban J connectivity index is 2.18. The summed E-state index contributed by atoms with van der Waals surface area (Å²) >= 11 is 0. The zero-order chi connectivity index (χ0) is 9.97. The summed E-state index contributed by atoms with van der Waals surface area (Å²) < 4.78 is 5.43. The van der Waals surface area contributed by atoms with E-state index in [0.29, 0.717) is 18.4 Å². The Morgan fingerprint density at radius 1 is 1.36 bits per heavy atom. The maximum Gasteiger partial charge on any atom is 0.120 e. The van der Waals surface area contributed by atoms with Gasteiger partial charge in [0.15, 0.2) is 0 Å². The van der Waals surface area contributed by atoms with Crippen molar-refractivity contribution in [2.45, 2.75) is 19.0 Å². The van der Waals surface area contributed by atoms with Gasteiger partial charge in [-0.2, -0.15) is 0 Å². The molecule has 3 nitrogen and oxygen atoms in total. The summed E-state index contributed by atoms with van der Waals surface area (Å²) in [6.07, 6.45) is 0. The van der Waals surface area contributed by atoms with Crippen LogP contribution in [-0.4, -0.2) is 24.4 Å². The number of para-hydroxylation sites is 1. The van der Waals surface area contributed by atoms with E-state index in [1.54, 1.807) is 6.07 Å². The molecule has 0 aromatic heterocycles. The van der Waals surface area contributed by atoms with Crippen LogP contribution < -0.4 is 5.32 Å². The van der Waals surface area contributed by atoms with Gasteiger partial charge in [0.2, 0.25) is 0 Å². The summed E-state index contributed by atoms with van der Waals surface area (Å²) in [4.78, 5) is 0. The fourth-order valence-corrected chi connectivity index (χ4v) is 1.76. The molecule has 0 spiro atoms. The minimum Gasteiger partial charge on any atom is -0.508 e. The molecule has 76 valence electrons. The molecule has 14 heavy (non-hydrogen) atoms. The number of hydrogen-bond acceptors (Lipinski definition) is 3. The third-order valence-electron chi connectivity index (χ3n) is 2.45. The highest BCUT2D eigenvalue weighted by molar-refractivity contribution is 5.34. The normalized spacial score (nSPS) is 27.5. The van der Waals surface area contributed by atoms with Gasteiger partial charge in [0, 0.05) is 11.6 Å². The zero-order valence-electron chi connectivity index (χ0n) is 8.23. The van der Waals surface area contributed by atoms with E-state index in [-0.39, 0.29) is 6.04 Å². The van der Waals surface area contributed by atoms with Crippen LogP contribution in [0, 0.1) is 0 Å². The maximum absolute atomic E-state index is 9.65. The van der Waals surface area contributed by atoms with Crippen LogP contribution in [0.25, 0.3) is 0 Å². The number of hydrogen-bond donors (Lipinski definition) is 2. The van der Waals surface area contributed by atoms with Crippen LogP contribution in [-0.2, 0) is 4.74 Å². The van der Waals surface area contributed by atoms with Crippen molar-refractivity contribution in [3.8, 4) is 5.75 Å². The molecule has 1 aromatic rings. The van der Waals surface area contributed by atoms with E-state index in [1.165, 1.54) is 0 Å². The second-order valence-corrected chi connectivity index (χ2v) is 3.72. The second-order valence-electron chi connectivity index (χ2n) is 3.72. The third-order valence-corrected chi connectivity index (χ3v) is 2.45. The highest BCUT2D eigenvalue weighted by Gasteiger charge is 2.21. The number of nitrogens with one attached hydrogen (secondary N) is 1. The standard InChI is InChI=1S/C11H15NO2/c1-8-6-14-7-10(12-8)9-4-2-3-5-11(9)13/h2-5,8,10,12-13H,6-7H2,1H3. The lowest BCUT2D eigenvalue weighted by Crippen LogP contribution is -2.41. The number of phenolic OH excluding ortho intramolecular Hbond substituents is 1. The molecule has 2 atom stereocenters. The first-order valence-corrected chi connectivity index (χ1v) is 4.89. The van der Waals surface area contributed by atoms with E-state index in [1.807, 2.05) is 18.2 Å². The van der Waals surface area contributed by atoms with Gasteiger partial charge in [-0.3, -0.25) is 0 Å². The molecule has 0 bridgehead atoms. The molecule has 2 N–H and O–H groups in total. The van der Waals surface area contributed by atoms with E-state index in [0.717, 1.165) is 12.2 Å². The first-order valence-electron chi connectivity index (χ1n) is 4.89. The molecule has 0 saturated carbocycles. The summed E-state index contributed by atoms with van der Waals surface area (Å²) in [6.45, 7) is 3.44. The Bertz CT molecular complexity index is 314. The quantitative estimate of drug-likeness (QED) is 0.709. The highest BCUT2D eigenvalue weighted by atomic mass is 16.5. The lowest BCUT2D eigenvalue weighted by Gasteiger charge is -2.29. The van der Waals surface area contributed by atoms with Gasteiger partial charge in [0.05, 0.1) is 19.3 Å². The van der Waals surface area contributed by atoms with Crippen LogP contribution in [0.2, 0.25) is 0 Å². The van der Waals surface area contributed by atoms with Crippen LogP contribution in [0.5, 0.6) is 5.75 Å². The van der Waals surface area contributed by atoms with Crippen molar-refractivity contribution in [3.05, 3.63) is 29.8 Å². The molecule has 1 fully saturated rings. The van der Waals surface area contributed by atoms with Crippen molar-refractivity contribution in [3.63, 3.8) is 0 Å². The van der Waals surface area contributed by atoms with E-state index in [4.69, 9.17) is 4.74 Å². The lowest BCUT2D eigenvalue weighted by atomic mass is 10.0. The average molecular weight is 193 g/mol. The van der Waals surface area contributed by atoms with Gasteiger partial charge >= 0.3 is 0 Å². The molecule has 1 aliphatic heterocycles. The first kappa shape index (κ1) is 9.49. The molecule has 2 rings (SSSR count). The average Bonchev–Trinajstić information content (AvgIpc) is 2.18. The number of aromatic hydroxyl groups is 1. The van der Waals surface area contributed by atoms with E-state index in [2.05, 4.69) is 12.2 Å². The lowest BCUT2D eigenvalue weighted by molar-refractivity contribution is 0.0497. The van der Waals surface area contributed by atoms with Gasteiger partial charge in [-0.25, -0.2) is 0 Å². The molecule has 3 heteroatoms. The molecule has 1 saturated heterocycles. The van der Waals surface area contributed by atoms with Crippen LogP contribution in [0.15, 0.2) is 24.3 Å². The van der Waals surface area contributed by atoms with Crippen molar-refractivity contribution in [1.29, 1.82) is 0 Å². The van der Waals surface area contributed by atoms with E-state index < -0.39 is 0 Å². The molecular weight excluding hydrogens is 178 g/mol. The predicted molar refractivity (Wildman–Crippen MR) is 54.3 cm³/mol. The monoisotopic (exact) mass is 193 g/mol. The minimum atomic E-state index is 0.111. The van der Waals surface area contributed by atoms with Crippen molar-refractivity contribution in [1.82, 2.24) is 5.32 Å². The maximum atomic E-state index is 9.65. The number of ether oxygens (including phenoxy) is 1. The minimum absolute atomic E-state index is 0.111. The van der Waals surface area contributed by atoms with Gasteiger partial charge in [-0.05, 0) is 13.0 Å². The van der Waals surface area contributed by atoms with Crippen LogP contribution in [0.3, 0.4) is 0 Å². The predicted octanol–water partition coefficient (Wildman–Crippen LogP) is 1.44. The molecule has 2 unspecified atom stereocenters. The molecule has 0 amide bonds. The summed E-state index contributed by atoms with van der Waals surface area (Å²) in [5.74, 6) is 0.336. The Labute approximate surface area is 83.7 Å². The Hall–Kier alpha value is -1.06. The van der Waals surface area contributed by atoms with E-state index in [9.17, 15) is 5.11 Å². The third kappa shape index (κ3) is 1.89. The fraction of sp³-hybridized carbons (Fsp3) is 0.455. The van der Waals surface area contributed by atoms with Crippen molar-refractivity contribution >= 4 is 0 Å². The summed E-state index contributed by atoms with van der Waals surface area (Å²) in [7, 11) is 0. The smallest absolute Gasteiger partial charge is 0.120 e. The Kier molecular flexibility index (Phi) is 2.70. The SMILES string of the molecule is CC1COCC(c2ccccc2O)N1. The summed E-state index contributed by atoms with van der Waals surface area (Å²) in [6, 6.07) is 7.83. The fourth-order valence-electron chi connectivity index (χ4n) is 1.76. The van der Waals surface area contributed by atoms with Gasteiger partial charge in [0.25, 0.3) is 0 Å². The zero-order valence-corrected chi connectivity index (χ0v) is 8.23. The number of morpholine rings is 1. The molecule has 0 radical (unpaired) electrons. The highest BCUT2D eigenvalue weighted by Crippen LogP contribution is 2.25. The molecular formula is C11H15NO2. The molecule has 1 aromatic carbocycles. The molecule has 0 aliphatic carbocycles. The number of phenols is 1. The molecule has 1 heterocycles. The van der Waals surface area contributed by atoms with Gasteiger partial charge in [-0.15, -0.1) is 0 Å². The van der Waals surface area contributed by atoms with Crippen LogP contribution >= 0.6 is 0 Å². The van der Waals surface area contributed by atoms with Gasteiger partial charge < -0.3 is 15.2 Å². The van der Waals surface area contributed by atoms with Gasteiger partial charge in [0.1, 0.15) is 5.75 Å². The largest absolute Gasteiger partial charge is 0.508 e. The Morgan fingerprint density at radius 2 is 2.14 bits per heavy atom. The first-order chi connectivity index (χ1) is 6.77. The number of benzene rings is 1. The van der Waals surface area contributed by atoms with E-state index >= 15 is 0 Å². The van der Waals surface area contributed by atoms with Gasteiger partial charge in [-0.1, -0.05) is 18.2 Å². The van der Waals surface area contributed by atoms with Crippen molar-refractivity contribution in [2.75, 3.05) is 13.2 Å².